The summed E-state index contributed by atoms with van der Waals surface area (Å²) in [5, 5.41) is 7.72. The summed E-state index contributed by atoms with van der Waals surface area (Å²) in [7, 11) is 0. The maximum Gasteiger partial charge on any atom is 0.248 e. The summed E-state index contributed by atoms with van der Waals surface area (Å²) in [4.78, 5) is 23.2. The molecule has 0 radical (unpaired) electrons. The van der Waals surface area contributed by atoms with Crippen LogP contribution < -0.4 is 10.9 Å². The number of benzene rings is 1. The van der Waals surface area contributed by atoms with Crippen molar-refractivity contribution in [3.05, 3.63) is 40.4 Å². The molecule has 1 aliphatic rings. The summed E-state index contributed by atoms with van der Waals surface area (Å²) in [6.07, 6.45) is 4.03. The van der Waals surface area contributed by atoms with Crippen LogP contribution in [0.4, 0.5) is 0 Å². The van der Waals surface area contributed by atoms with E-state index in [9.17, 15) is 9.59 Å². The molecule has 2 rings (SSSR count). The van der Waals surface area contributed by atoms with E-state index in [1.54, 1.807) is 6.92 Å². The van der Waals surface area contributed by atoms with Crippen molar-refractivity contribution >= 4 is 45.7 Å². The van der Waals surface area contributed by atoms with Crippen molar-refractivity contribution in [3.8, 4) is 0 Å². The minimum atomic E-state index is -0.325. The second kappa shape index (κ2) is 8.38. The molecule has 0 bridgehead atoms. The monoisotopic (exact) mass is 376 g/mol. The zero-order valence-electron chi connectivity index (χ0n) is 12.6. The Morgan fingerprint density at radius 2 is 2.17 bits per heavy atom. The minimum Gasteiger partial charge on any atom is -0.273 e. The first-order valence-electron chi connectivity index (χ1n) is 7.14. The van der Waals surface area contributed by atoms with Gasteiger partial charge in [0.25, 0.3) is 0 Å². The number of rotatable bonds is 6. The van der Waals surface area contributed by atoms with E-state index in [4.69, 9.17) is 0 Å². The van der Waals surface area contributed by atoms with Crippen LogP contribution in [-0.4, -0.2) is 23.7 Å². The summed E-state index contributed by atoms with van der Waals surface area (Å²) in [6, 6.07) is 9.75. The minimum absolute atomic E-state index is 0.160. The summed E-state index contributed by atoms with van der Waals surface area (Å²) in [5.74, 6) is -0.726. The maximum absolute atomic E-state index is 11.7. The van der Waals surface area contributed by atoms with E-state index in [1.165, 1.54) is 6.21 Å². The van der Waals surface area contributed by atoms with Gasteiger partial charge < -0.3 is 0 Å². The number of hydrogen-bond donors (Lipinski definition) is 2. The predicted octanol–water partition coefficient (Wildman–Crippen LogP) is 2.43. The molecule has 0 saturated heterocycles. The highest BCUT2D eigenvalue weighted by molar-refractivity contribution is 9.12. The lowest BCUT2D eigenvalue weighted by atomic mass is 9.99. The van der Waals surface area contributed by atoms with Crippen LogP contribution in [0.25, 0.3) is 6.08 Å². The third kappa shape index (κ3) is 5.45. The van der Waals surface area contributed by atoms with Gasteiger partial charge in [0.2, 0.25) is 11.8 Å². The Morgan fingerprint density at radius 1 is 1.43 bits per heavy atom. The zero-order chi connectivity index (χ0) is 16.7. The van der Waals surface area contributed by atoms with E-state index in [1.807, 2.05) is 36.4 Å². The van der Waals surface area contributed by atoms with Crippen LogP contribution in [0.1, 0.15) is 25.3 Å². The third-order valence-electron chi connectivity index (χ3n) is 3.30. The van der Waals surface area contributed by atoms with E-state index < -0.39 is 0 Å². The molecule has 6 nitrogen and oxygen atoms in total. The molecule has 1 atom stereocenters. The van der Waals surface area contributed by atoms with Crippen molar-refractivity contribution in [3.63, 3.8) is 0 Å². The Kier molecular flexibility index (Phi) is 6.22. The number of halogens is 1. The van der Waals surface area contributed by atoms with Gasteiger partial charge in [0.15, 0.2) is 0 Å². The van der Waals surface area contributed by atoms with Crippen molar-refractivity contribution in [2.75, 3.05) is 0 Å². The van der Waals surface area contributed by atoms with Crippen LogP contribution in [0.3, 0.4) is 0 Å². The average Bonchev–Trinajstić information content (AvgIpc) is 2.85. The van der Waals surface area contributed by atoms with Gasteiger partial charge in [0.1, 0.15) is 0 Å². The van der Waals surface area contributed by atoms with E-state index >= 15 is 0 Å². The third-order valence-corrected chi connectivity index (χ3v) is 3.74. The molecule has 23 heavy (non-hydrogen) atoms. The second-order valence-electron chi connectivity index (χ2n) is 5.05. The molecule has 0 spiro atoms. The number of carbonyl (C=O) groups is 2. The largest absolute Gasteiger partial charge is 0.273 e. The molecule has 0 saturated carbocycles. The molecular weight excluding hydrogens is 360 g/mol. The molecule has 2 amide bonds. The summed E-state index contributed by atoms with van der Waals surface area (Å²) in [6.45, 7) is 1.77. The number of hydrazone groups is 2. The number of nitrogens with zero attached hydrogens (tertiary/aromatic N) is 2. The Morgan fingerprint density at radius 3 is 2.83 bits per heavy atom. The normalized spacial score (nSPS) is 18.0. The number of carbonyl (C=O) groups excluding carboxylic acids is 2. The van der Waals surface area contributed by atoms with Crippen LogP contribution >= 0.6 is 15.9 Å². The van der Waals surface area contributed by atoms with E-state index in [2.05, 4.69) is 37.0 Å². The molecule has 120 valence electrons. The van der Waals surface area contributed by atoms with Gasteiger partial charge in [-0.05, 0) is 40.9 Å². The number of allylic oxidation sites excluding steroid dienone is 1. The van der Waals surface area contributed by atoms with Crippen LogP contribution in [0, 0.1) is 5.92 Å². The number of amides is 2. The van der Waals surface area contributed by atoms with Gasteiger partial charge >= 0.3 is 0 Å². The first kappa shape index (κ1) is 17.1. The number of nitrogens with one attached hydrogen (secondary N) is 2. The molecule has 2 N–H and O–H groups in total. The SMILES string of the molecule is CC1=NNC(=O)C1CCC(=O)NN=C/C(Br)=C/c1ccccc1. The van der Waals surface area contributed by atoms with Gasteiger partial charge in [-0.15, -0.1) is 0 Å². The quantitative estimate of drug-likeness (QED) is 0.590. The van der Waals surface area contributed by atoms with Crippen LogP contribution in [-0.2, 0) is 9.59 Å². The fourth-order valence-electron chi connectivity index (χ4n) is 2.07. The molecule has 0 aliphatic carbocycles. The van der Waals surface area contributed by atoms with Gasteiger partial charge in [-0.2, -0.15) is 10.2 Å². The summed E-state index contributed by atoms with van der Waals surface area (Å²) in [5.41, 5.74) is 6.57. The van der Waals surface area contributed by atoms with Gasteiger partial charge in [0.05, 0.1) is 12.1 Å². The fourth-order valence-corrected chi connectivity index (χ4v) is 2.44. The molecule has 1 unspecified atom stereocenters. The second-order valence-corrected chi connectivity index (χ2v) is 5.97. The standard InChI is InChI=1S/C16H17BrN4O2/c1-11-14(16(23)21-19-11)7-8-15(22)20-18-10-13(17)9-12-5-3-2-4-6-12/h2-6,9-10,14H,7-8H2,1H3,(H,20,22)(H,21,23)/b13-9-,18-10?. The molecular formula is C16H17BrN4O2. The average molecular weight is 377 g/mol. The van der Waals surface area contributed by atoms with Gasteiger partial charge in [0, 0.05) is 16.6 Å². The van der Waals surface area contributed by atoms with Crippen molar-refractivity contribution in [1.82, 2.24) is 10.9 Å². The Hall–Kier alpha value is -2.28. The lowest BCUT2D eigenvalue weighted by Gasteiger charge is -2.06. The molecule has 1 heterocycles. The van der Waals surface area contributed by atoms with Gasteiger partial charge in [-0.25, -0.2) is 10.9 Å². The highest BCUT2D eigenvalue weighted by Gasteiger charge is 2.26. The summed E-state index contributed by atoms with van der Waals surface area (Å²) >= 11 is 3.37. The van der Waals surface area contributed by atoms with E-state index in [0.717, 1.165) is 10.0 Å². The first-order chi connectivity index (χ1) is 11.1. The lowest BCUT2D eigenvalue weighted by Crippen LogP contribution is -2.25. The Balaban J connectivity index is 1.77. The van der Waals surface area contributed by atoms with Crippen molar-refractivity contribution in [2.45, 2.75) is 19.8 Å². The summed E-state index contributed by atoms with van der Waals surface area (Å²) < 4.78 is 0.738. The highest BCUT2D eigenvalue weighted by Crippen LogP contribution is 2.13. The molecule has 1 aromatic rings. The molecule has 0 aromatic heterocycles. The van der Waals surface area contributed by atoms with Crippen molar-refractivity contribution in [1.29, 1.82) is 0 Å². The lowest BCUT2D eigenvalue weighted by molar-refractivity contribution is -0.123. The molecule has 1 aromatic carbocycles. The van der Waals surface area contributed by atoms with Crippen LogP contribution in [0.5, 0.6) is 0 Å². The maximum atomic E-state index is 11.7. The predicted molar refractivity (Wildman–Crippen MR) is 94.0 cm³/mol. The highest BCUT2D eigenvalue weighted by atomic mass is 79.9. The van der Waals surface area contributed by atoms with Gasteiger partial charge in [-0.1, -0.05) is 30.3 Å². The Bertz CT molecular complexity index is 668. The zero-order valence-corrected chi connectivity index (χ0v) is 14.2. The van der Waals surface area contributed by atoms with Crippen LogP contribution in [0.15, 0.2) is 45.0 Å². The molecule has 1 aliphatic heterocycles. The Labute approximate surface area is 142 Å². The van der Waals surface area contributed by atoms with E-state index in [-0.39, 0.29) is 24.2 Å². The van der Waals surface area contributed by atoms with Gasteiger partial charge in [-0.3, -0.25) is 9.59 Å². The van der Waals surface area contributed by atoms with Crippen LogP contribution in [0.2, 0.25) is 0 Å². The first-order valence-corrected chi connectivity index (χ1v) is 7.94. The number of hydrogen-bond acceptors (Lipinski definition) is 4. The molecule has 7 heteroatoms. The fraction of sp³-hybridized carbons (Fsp3) is 0.250. The molecule has 0 fully saturated rings. The topological polar surface area (TPSA) is 82.9 Å². The van der Waals surface area contributed by atoms with Crippen molar-refractivity contribution < 1.29 is 9.59 Å². The van der Waals surface area contributed by atoms with Crippen molar-refractivity contribution in [2.24, 2.45) is 16.1 Å². The smallest absolute Gasteiger partial charge is 0.248 e. The van der Waals surface area contributed by atoms with E-state index in [0.29, 0.717) is 12.1 Å².